The van der Waals surface area contributed by atoms with Crippen LogP contribution in [0.5, 0.6) is 0 Å². The minimum absolute atomic E-state index is 0.147. The fourth-order valence-electron chi connectivity index (χ4n) is 1.80. The van der Waals surface area contributed by atoms with E-state index in [2.05, 4.69) is 30.6 Å². The molecule has 0 bridgehead atoms. The van der Waals surface area contributed by atoms with Crippen LogP contribution in [0.15, 0.2) is 0 Å². The molecule has 116 valence electrons. The number of carboxylic acids is 1. The largest absolute Gasteiger partial charge is 0.481 e. The van der Waals surface area contributed by atoms with E-state index in [1.807, 2.05) is 0 Å². The number of unbranched alkanes of at least 4 members (excludes halogenated alkanes) is 6. The molecule has 0 amide bonds. The average Bonchev–Trinajstić information content (AvgIpc) is 2.45. The van der Waals surface area contributed by atoms with Gasteiger partial charge in [0.2, 0.25) is 0 Å². The van der Waals surface area contributed by atoms with Gasteiger partial charge in [0.1, 0.15) is 5.78 Å². The van der Waals surface area contributed by atoms with Crippen molar-refractivity contribution in [3.05, 3.63) is 0 Å². The summed E-state index contributed by atoms with van der Waals surface area (Å²) in [7, 11) is 0. The Balaban J connectivity index is 3.52. The molecule has 0 rings (SSSR count). The third kappa shape index (κ3) is 16.2. The first-order chi connectivity index (χ1) is 10.2. The first kappa shape index (κ1) is 19.3. The van der Waals surface area contributed by atoms with Gasteiger partial charge in [-0.3, -0.25) is 9.59 Å². The zero-order chi connectivity index (χ0) is 15.8. The lowest BCUT2D eigenvalue weighted by Crippen LogP contribution is -1.96. The van der Waals surface area contributed by atoms with Gasteiger partial charge >= 0.3 is 5.97 Å². The summed E-state index contributed by atoms with van der Waals surface area (Å²) in [5.41, 5.74) is 0. The van der Waals surface area contributed by atoms with Gasteiger partial charge in [0.25, 0.3) is 0 Å². The van der Waals surface area contributed by atoms with E-state index >= 15 is 0 Å². The van der Waals surface area contributed by atoms with E-state index in [-0.39, 0.29) is 18.6 Å². The molecule has 0 heterocycles. The predicted octanol–water partition coefficient (Wildman–Crippen LogP) is 3.96. The minimum Gasteiger partial charge on any atom is -0.481 e. The summed E-state index contributed by atoms with van der Waals surface area (Å²) in [6, 6.07) is 0. The second kappa shape index (κ2) is 14.7. The summed E-state index contributed by atoms with van der Waals surface area (Å²) in [5.74, 6) is 10.7. The number of aliphatic carboxylic acids is 1. The third-order valence-corrected chi connectivity index (χ3v) is 3.03. The van der Waals surface area contributed by atoms with Crippen molar-refractivity contribution in [1.29, 1.82) is 0 Å². The van der Waals surface area contributed by atoms with Crippen LogP contribution in [0, 0.1) is 23.7 Å². The highest BCUT2D eigenvalue weighted by Crippen LogP contribution is 2.06. The van der Waals surface area contributed by atoms with Crippen LogP contribution in [0.25, 0.3) is 0 Å². The summed E-state index contributed by atoms with van der Waals surface area (Å²) in [4.78, 5) is 21.8. The molecule has 0 aromatic carbocycles. The lowest BCUT2D eigenvalue weighted by atomic mass is 10.1. The fraction of sp³-hybridized carbons (Fsp3) is 0.667. The molecule has 0 aliphatic heterocycles. The van der Waals surface area contributed by atoms with Crippen LogP contribution in [0.4, 0.5) is 0 Å². The zero-order valence-corrected chi connectivity index (χ0v) is 13.0. The molecule has 0 aliphatic carbocycles. The SMILES string of the molecule is CCCCCC#CC#CCC(=O)CCCCCCC(=O)O. The summed E-state index contributed by atoms with van der Waals surface area (Å²) < 4.78 is 0. The molecule has 3 nitrogen and oxygen atoms in total. The second-order valence-corrected chi connectivity index (χ2v) is 5.08. The molecular weight excluding hydrogens is 264 g/mol. The highest BCUT2D eigenvalue weighted by atomic mass is 16.4. The number of carbonyl (C=O) groups is 2. The lowest BCUT2D eigenvalue weighted by molar-refractivity contribution is -0.137. The van der Waals surface area contributed by atoms with E-state index in [0.29, 0.717) is 12.8 Å². The second-order valence-electron chi connectivity index (χ2n) is 5.08. The van der Waals surface area contributed by atoms with Gasteiger partial charge in [-0.15, -0.1) is 0 Å². The van der Waals surface area contributed by atoms with Crippen molar-refractivity contribution < 1.29 is 14.7 Å². The van der Waals surface area contributed by atoms with Crippen molar-refractivity contribution in [2.24, 2.45) is 0 Å². The number of ketones is 1. The van der Waals surface area contributed by atoms with Crippen molar-refractivity contribution in [1.82, 2.24) is 0 Å². The van der Waals surface area contributed by atoms with Gasteiger partial charge in [0.05, 0.1) is 6.42 Å². The van der Waals surface area contributed by atoms with Gasteiger partial charge in [-0.1, -0.05) is 44.4 Å². The molecule has 0 aromatic heterocycles. The molecule has 1 N–H and O–H groups in total. The maximum Gasteiger partial charge on any atom is 0.303 e. The molecule has 3 heteroatoms. The van der Waals surface area contributed by atoms with Gasteiger partial charge in [-0.05, 0) is 31.1 Å². The van der Waals surface area contributed by atoms with Crippen molar-refractivity contribution in [2.75, 3.05) is 0 Å². The molecule has 0 saturated carbocycles. The van der Waals surface area contributed by atoms with Crippen molar-refractivity contribution in [3.8, 4) is 23.7 Å². The Labute approximate surface area is 128 Å². The highest BCUT2D eigenvalue weighted by molar-refractivity contribution is 5.80. The predicted molar refractivity (Wildman–Crippen MR) is 84.7 cm³/mol. The first-order valence-corrected chi connectivity index (χ1v) is 7.86. The number of carboxylic acid groups (broad SMARTS) is 1. The Morgan fingerprint density at radius 3 is 2.19 bits per heavy atom. The summed E-state index contributed by atoms with van der Waals surface area (Å²) in [6.45, 7) is 2.16. The van der Waals surface area contributed by atoms with Gasteiger partial charge in [-0.2, -0.15) is 0 Å². The van der Waals surface area contributed by atoms with Crippen LogP contribution < -0.4 is 0 Å². The number of hydrogen-bond acceptors (Lipinski definition) is 2. The first-order valence-electron chi connectivity index (χ1n) is 7.86. The lowest BCUT2D eigenvalue weighted by Gasteiger charge is -1.98. The minimum atomic E-state index is -0.753. The van der Waals surface area contributed by atoms with E-state index < -0.39 is 5.97 Å². The van der Waals surface area contributed by atoms with Crippen molar-refractivity contribution >= 4 is 11.8 Å². The smallest absolute Gasteiger partial charge is 0.303 e. The normalized spacial score (nSPS) is 9.19. The van der Waals surface area contributed by atoms with Crippen LogP contribution in [0.3, 0.4) is 0 Å². The van der Waals surface area contributed by atoms with Crippen molar-refractivity contribution in [2.45, 2.75) is 77.6 Å². The van der Waals surface area contributed by atoms with Crippen LogP contribution >= 0.6 is 0 Å². The van der Waals surface area contributed by atoms with Gasteiger partial charge in [0.15, 0.2) is 0 Å². The van der Waals surface area contributed by atoms with Gasteiger partial charge in [-0.25, -0.2) is 0 Å². The number of rotatable bonds is 11. The maximum absolute atomic E-state index is 11.5. The third-order valence-electron chi connectivity index (χ3n) is 3.03. The molecule has 0 spiro atoms. The molecule has 0 unspecified atom stereocenters. The van der Waals surface area contributed by atoms with E-state index in [1.54, 1.807) is 0 Å². The van der Waals surface area contributed by atoms with Crippen LogP contribution in [0.1, 0.15) is 77.6 Å². The van der Waals surface area contributed by atoms with Crippen LogP contribution in [-0.4, -0.2) is 16.9 Å². The Hall–Kier alpha value is -1.74. The number of Topliss-reactive ketones (excluding diaryl/α,β-unsaturated/α-hetero) is 1. The summed E-state index contributed by atoms with van der Waals surface area (Å²) in [5, 5.41) is 8.48. The Morgan fingerprint density at radius 1 is 0.857 bits per heavy atom. The van der Waals surface area contributed by atoms with E-state index in [0.717, 1.165) is 32.1 Å². The topological polar surface area (TPSA) is 54.4 Å². The van der Waals surface area contributed by atoms with E-state index in [4.69, 9.17) is 5.11 Å². The molecule has 0 radical (unpaired) electrons. The van der Waals surface area contributed by atoms with Crippen LogP contribution in [0.2, 0.25) is 0 Å². The molecular formula is C18H26O3. The fourth-order valence-corrected chi connectivity index (χ4v) is 1.80. The Kier molecular flexibility index (Phi) is 13.4. The molecule has 21 heavy (non-hydrogen) atoms. The molecule has 0 fully saturated rings. The number of hydrogen-bond donors (Lipinski definition) is 1. The standard InChI is InChI=1S/C18H26O3/c1-2-3-4-5-6-7-8-11-14-17(19)15-12-9-10-13-16-18(20)21/h2-5,9-10,12-16H2,1H3,(H,20,21). The summed E-state index contributed by atoms with van der Waals surface area (Å²) >= 11 is 0. The van der Waals surface area contributed by atoms with Crippen LogP contribution in [-0.2, 0) is 9.59 Å². The van der Waals surface area contributed by atoms with Crippen molar-refractivity contribution in [3.63, 3.8) is 0 Å². The molecule has 0 aliphatic rings. The molecule has 0 saturated heterocycles. The average molecular weight is 290 g/mol. The van der Waals surface area contributed by atoms with E-state index in [1.165, 1.54) is 12.8 Å². The van der Waals surface area contributed by atoms with E-state index in [9.17, 15) is 9.59 Å². The Morgan fingerprint density at radius 2 is 1.52 bits per heavy atom. The van der Waals surface area contributed by atoms with Gasteiger partial charge < -0.3 is 5.11 Å². The molecule has 0 atom stereocenters. The number of carbonyl (C=O) groups excluding carboxylic acids is 1. The quantitative estimate of drug-likeness (QED) is 0.463. The summed E-state index contributed by atoms with van der Waals surface area (Å²) in [6.07, 6.45) is 8.71. The monoisotopic (exact) mass is 290 g/mol. The van der Waals surface area contributed by atoms with Gasteiger partial charge in [0, 0.05) is 19.3 Å². The molecule has 0 aromatic rings. The highest BCUT2D eigenvalue weighted by Gasteiger charge is 2.00. The zero-order valence-electron chi connectivity index (χ0n) is 13.0. The Bertz CT molecular complexity index is 415. The maximum atomic E-state index is 11.5.